The third-order valence-corrected chi connectivity index (χ3v) is 2.10. The summed E-state index contributed by atoms with van der Waals surface area (Å²) in [5, 5.41) is 0. The lowest BCUT2D eigenvalue weighted by Crippen LogP contribution is -2.33. The molecule has 1 nitrogen and oxygen atoms in total. The van der Waals surface area contributed by atoms with Crippen LogP contribution in [0.3, 0.4) is 0 Å². The molecule has 1 aliphatic carbocycles. The highest BCUT2D eigenvalue weighted by molar-refractivity contribution is 4.82. The zero-order valence-corrected chi connectivity index (χ0v) is 9.65. The highest BCUT2D eigenvalue weighted by Gasteiger charge is 2.42. The topological polar surface area (TPSA) is 9.23 Å². The summed E-state index contributed by atoms with van der Waals surface area (Å²) in [6.45, 7) is 10.0. The van der Waals surface area contributed by atoms with Crippen LogP contribution >= 0.6 is 0 Å². The van der Waals surface area contributed by atoms with Gasteiger partial charge in [-0.25, -0.2) is 8.78 Å². The van der Waals surface area contributed by atoms with E-state index in [2.05, 4.69) is 6.92 Å². The van der Waals surface area contributed by atoms with Gasteiger partial charge in [0, 0.05) is 18.8 Å². The van der Waals surface area contributed by atoms with Gasteiger partial charge in [-0.2, -0.15) is 0 Å². The van der Waals surface area contributed by atoms with Crippen LogP contribution in [-0.2, 0) is 4.74 Å². The summed E-state index contributed by atoms with van der Waals surface area (Å²) in [4.78, 5) is 0. The van der Waals surface area contributed by atoms with Gasteiger partial charge in [-0.1, -0.05) is 27.7 Å². The number of alkyl halides is 2. The first kappa shape index (κ1) is 13.8. The van der Waals surface area contributed by atoms with Crippen molar-refractivity contribution >= 4 is 0 Å². The highest BCUT2D eigenvalue weighted by atomic mass is 19.3. The van der Waals surface area contributed by atoms with Crippen LogP contribution in [0.1, 0.15) is 40.5 Å². The molecule has 0 spiro atoms. The van der Waals surface area contributed by atoms with Crippen molar-refractivity contribution in [2.45, 2.75) is 46.5 Å². The van der Waals surface area contributed by atoms with E-state index in [4.69, 9.17) is 4.74 Å². The average molecular weight is 208 g/mol. The molecule has 0 amide bonds. The third kappa shape index (κ3) is 5.53. The maximum absolute atomic E-state index is 11.8. The van der Waals surface area contributed by atoms with Crippen LogP contribution in [0, 0.1) is 11.8 Å². The van der Waals surface area contributed by atoms with Gasteiger partial charge in [-0.3, -0.25) is 0 Å². The van der Waals surface area contributed by atoms with Gasteiger partial charge in [0.15, 0.2) is 0 Å². The van der Waals surface area contributed by atoms with Crippen LogP contribution in [0.25, 0.3) is 0 Å². The van der Waals surface area contributed by atoms with E-state index in [1.165, 1.54) is 0 Å². The molecule has 1 saturated heterocycles. The zero-order chi connectivity index (χ0) is 11.2. The average Bonchev–Trinajstić information content (AvgIpc) is 2.02. The van der Waals surface area contributed by atoms with Gasteiger partial charge in [0.05, 0.1) is 13.2 Å². The van der Waals surface area contributed by atoms with Crippen molar-refractivity contribution in [2.75, 3.05) is 13.2 Å². The van der Waals surface area contributed by atoms with E-state index in [1.54, 1.807) is 0 Å². The van der Waals surface area contributed by atoms with Crippen LogP contribution in [0.4, 0.5) is 8.78 Å². The molecule has 1 aliphatic heterocycles. The molecule has 14 heavy (non-hydrogen) atoms. The van der Waals surface area contributed by atoms with Crippen molar-refractivity contribution in [3.63, 3.8) is 0 Å². The first-order valence-electron chi connectivity index (χ1n) is 5.45. The standard InChI is InChI=1S/C5H8F2.C4H8O.C2H6/c1-4-2-5(6,7)3-4;1-4-2-5-3-4;1-2/h4H,2-3H2,1H3;4H,2-3H2,1H3;1-2H3. The molecule has 2 fully saturated rings. The summed E-state index contributed by atoms with van der Waals surface area (Å²) >= 11 is 0. The Labute approximate surface area is 85.8 Å². The Bertz CT molecular complexity index is 136. The molecule has 1 saturated carbocycles. The molecular weight excluding hydrogens is 186 g/mol. The van der Waals surface area contributed by atoms with Crippen LogP contribution in [0.5, 0.6) is 0 Å². The lowest BCUT2D eigenvalue weighted by Gasteiger charge is -2.31. The molecule has 2 aliphatic rings. The molecule has 2 rings (SSSR count). The first-order valence-corrected chi connectivity index (χ1v) is 5.45. The Morgan fingerprint density at radius 3 is 1.36 bits per heavy atom. The lowest BCUT2D eigenvalue weighted by atomic mass is 9.83. The summed E-state index contributed by atoms with van der Waals surface area (Å²) in [5.41, 5.74) is 0. The lowest BCUT2D eigenvalue weighted by molar-refractivity contribution is -0.104. The minimum atomic E-state index is -2.31. The molecule has 0 radical (unpaired) electrons. The van der Waals surface area contributed by atoms with Crippen LogP contribution in [0.15, 0.2) is 0 Å². The molecule has 86 valence electrons. The quantitative estimate of drug-likeness (QED) is 0.589. The Kier molecular flexibility index (Phi) is 6.25. The van der Waals surface area contributed by atoms with Gasteiger partial charge in [-0.15, -0.1) is 0 Å². The summed E-state index contributed by atoms with van der Waals surface area (Å²) in [5.74, 6) is -1.20. The SMILES string of the molecule is CC.CC1CC(F)(F)C1.CC1COC1. The Morgan fingerprint density at radius 2 is 1.36 bits per heavy atom. The van der Waals surface area contributed by atoms with Crippen molar-refractivity contribution in [2.24, 2.45) is 11.8 Å². The summed E-state index contributed by atoms with van der Waals surface area (Å²) in [6, 6.07) is 0. The molecule has 0 aromatic rings. The van der Waals surface area contributed by atoms with Crippen molar-refractivity contribution in [1.29, 1.82) is 0 Å². The second-order valence-corrected chi connectivity index (χ2v) is 4.01. The monoisotopic (exact) mass is 208 g/mol. The maximum atomic E-state index is 11.8. The number of halogens is 2. The molecule has 0 atom stereocenters. The van der Waals surface area contributed by atoms with E-state index in [1.807, 2.05) is 20.8 Å². The largest absolute Gasteiger partial charge is 0.381 e. The third-order valence-electron chi connectivity index (χ3n) is 2.10. The van der Waals surface area contributed by atoms with E-state index in [0.29, 0.717) is 0 Å². The smallest absolute Gasteiger partial charge is 0.248 e. The summed E-state index contributed by atoms with van der Waals surface area (Å²) in [6.07, 6.45) is 0.208. The summed E-state index contributed by atoms with van der Waals surface area (Å²) < 4.78 is 28.4. The van der Waals surface area contributed by atoms with Crippen LogP contribution < -0.4 is 0 Å². The molecule has 0 unspecified atom stereocenters. The van der Waals surface area contributed by atoms with Crippen LogP contribution in [-0.4, -0.2) is 19.1 Å². The van der Waals surface area contributed by atoms with Gasteiger partial charge in [0.1, 0.15) is 0 Å². The van der Waals surface area contributed by atoms with Crippen molar-refractivity contribution < 1.29 is 13.5 Å². The Hall–Kier alpha value is -0.180. The molecule has 1 heterocycles. The van der Waals surface area contributed by atoms with Crippen molar-refractivity contribution in [1.82, 2.24) is 0 Å². The zero-order valence-electron chi connectivity index (χ0n) is 9.65. The van der Waals surface area contributed by atoms with E-state index >= 15 is 0 Å². The van der Waals surface area contributed by atoms with E-state index in [0.717, 1.165) is 19.1 Å². The van der Waals surface area contributed by atoms with Gasteiger partial charge in [-0.05, 0) is 5.92 Å². The van der Waals surface area contributed by atoms with Gasteiger partial charge in [0.25, 0.3) is 0 Å². The highest BCUT2D eigenvalue weighted by Crippen LogP contribution is 2.41. The Morgan fingerprint density at radius 1 is 1.00 bits per heavy atom. The fourth-order valence-electron chi connectivity index (χ4n) is 1.31. The van der Waals surface area contributed by atoms with E-state index in [9.17, 15) is 8.78 Å². The minimum absolute atomic E-state index is 0.104. The first-order chi connectivity index (χ1) is 6.49. The molecule has 0 aromatic carbocycles. The molecular formula is C11H22F2O. The number of ether oxygens (including phenoxy) is 1. The molecule has 0 aromatic heterocycles. The van der Waals surface area contributed by atoms with E-state index in [-0.39, 0.29) is 18.8 Å². The number of hydrogen-bond donors (Lipinski definition) is 0. The molecule has 0 N–H and O–H groups in total. The number of hydrogen-bond acceptors (Lipinski definition) is 1. The van der Waals surface area contributed by atoms with Crippen molar-refractivity contribution in [3.8, 4) is 0 Å². The van der Waals surface area contributed by atoms with Gasteiger partial charge < -0.3 is 4.74 Å². The van der Waals surface area contributed by atoms with E-state index < -0.39 is 5.92 Å². The predicted molar refractivity (Wildman–Crippen MR) is 54.7 cm³/mol. The fraction of sp³-hybridized carbons (Fsp3) is 1.00. The molecule has 3 heteroatoms. The second kappa shape index (κ2) is 6.33. The number of rotatable bonds is 0. The second-order valence-electron chi connectivity index (χ2n) is 4.01. The molecule has 0 bridgehead atoms. The van der Waals surface area contributed by atoms with Crippen molar-refractivity contribution in [3.05, 3.63) is 0 Å². The summed E-state index contributed by atoms with van der Waals surface area (Å²) in [7, 11) is 0. The Balaban J connectivity index is 0.000000213. The fourth-order valence-corrected chi connectivity index (χ4v) is 1.31. The van der Waals surface area contributed by atoms with Crippen LogP contribution in [0.2, 0.25) is 0 Å². The van der Waals surface area contributed by atoms with Gasteiger partial charge >= 0.3 is 0 Å². The maximum Gasteiger partial charge on any atom is 0.248 e. The minimum Gasteiger partial charge on any atom is -0.381 e. The predicted octanol–water partition coefficient (Wildman–Crippen LogP) is 3.73. The normalized spacial score (nSPS) is 24.4. The van der Waals surface area contributed by atoms with Gasteiger partial charge in [0.2, 0.25) is 5.92 Å².